The Morgan fingerprint density at radius 1 is 0.905 bits per heavy atom. The third-order valence-electron chi connectivity index (χ3n) is 4.84. The van der Waals surface area contributed by atoms with Gasteiger partial charge in [0.05, 0.1) is 0 Å². The van der Waals surface area contributed by atoms with E-state index in [0.717, 1.165) is 35.4 Å². The van der Waals surface area contributed by atoms with E-state index < -0.39 is 0 Å². The van der Waals surface area contributed by atoms with Gasteiger partial charge in [-0.15, -0.1) is 0 Å². The van der Waals surface area contributed by atoms with E-state index in [0.29, 0.717) is 5.92 Å². The van der Waals surface area contributed by atoms with Crippen molar-refractivity contribution in [2.45, 2.75) is 45.4 Å². The number of benzene rings is 2. The van der Waals surface area contributed by atoms with Crippen molar-refractivity contribution in [1.29, 1.82) is 0 Å². The molecule has 0 nitrogen and oxygen atoms in total. The Morgan fingerprint density at radius 2 is 1.52 bits per heavy atom. The third kappa shape index (κ3) is 3.18. The van der Waals surface area contributed by atoms with Crippen molar-refractivity contribution in [1.82, 2.24) is 0 Å². The number of rotatable bonds is 2. The van der Waals surface area contributed by atoms with Gasteiger partial charge in [-0.1, -0.05) is 61.7 Å². The van der Waals surface area contributed by atoms with Crippen LogP contribution in [0.1, 0.15) is 51.1 Å². The molecule has 0 amide bonds. The highest BCUT2D eigenvalue weighted by molar-refractivity contribution is 5.64. The number of aryl methyl sites for hydroxylation is 1. The van der Waals surface area contributed by atoms with Crippen LogP contribution < -0.4 is 0 Å². The van der Waals surface area contributed by atoms with Crippen LogP contribution in [0.25, 0.3) is 11.1 Å². The maximum Gasteiger partial charge on any atom is 0.127 e. The normalized spacial score (nSPS) is 22.2. The monoisotopic (exact) mass is 284 g/mol. The molecule has 2 aromatic rings. The maximum absolute atomic E-state index is 14.5. The van der Waals surface area contributed by atoms with Gasteiger partial charge in [0.15, 0.2) is 0 Å². The first-order chi connectivity index (χ1) is 10.1. The van der Waals surface area contributed by atoms with Gasteiger partial charge in [0.1, 0.15) is 5.82 Å². The number of halogens is 1. The minimum Gasteiger partial charge on any atom is -0.207 e. The fourth-order valence-corrected chi connectivity index (χ4v) is 3.35. The van der Waals surface area contributed by atoms with E-state index in [-0.39, 0.29) is 7.24 Å². The summed E-state index contributed by atoms with van der Waals surface area (Å²) in [5.41, 5.74) is 4.20. The SMILES string of the molecule is Cc1ccc(-c2ccc(C3CCC(C)CC3)c(F)c2)cc1.[HH]. The van der Waals surface area contributed by atoms with Gasteiger partial charge in [-0.05, 0) is 54.4 Å². The van der Waals surface area contributed by atoms with E-state index in [4.69, 9.17) is 0 Å². The molecule has 1 heteroatoms. The molecule has 2 aromatic carbocycles. The molecule has 1 saturated carbocycles. The lowest BCUT2D eigenvalue weighted by atomic mass is 9.79. The summed E-state index contributed by atoms with van der Waals surface area (Å²) in [5.74, 6) is 1.18. The van der Waals surface area contributed by atoms with Crippen LogP contribution in [0, 0.1) is 18.7 Å². The van der Waals surface area contributed by atoms with E-state index in [9.17, 15) is 4.39 Å². The van der Waals surface area contributed by atoms with Crippen molar-refractivity contribution < 1.29 is 5.82 Å². The Labute approximate surface area is 128 Å². The molecule has 0 radical (unpaired) electrons. The zero-order chi connectivity index (χ0) is 14.8. The summed E-state index contributed by atoms with van der Waals surface area (Å²) in [6.07, 6.45) is 4.71. The smallest absolute Gasteiger partial charge is 0.127 e. The predicted molar refractivity (Wildman–Crippen MR) is 89.1 cm³/mol. The van der Waals surface area contributed by atoms with E-state index in [2.05, 4.69) is 44.2 Å². The molecule has 0 aliphatic heterocycles. The van der Waals surface area contributed by atoms with Crippen molar-refractivity contribution in [3.63, 3.8) is 0 Å². The minimum absolute atomic E-state index is 0. The lowest BCUT2D eigenvalue weighted by Crippen LogP contribution is -2.12. The second kappa shape index (κ2) is 6.01. The summed E-state index contributed by atoms with van der Waals surface area (Å²) < 4.78 is 14.5. The quantitative estimate of drug-likeness (QED) is 0.603. The highest BCUT2D eigenvalue weighted by Gasteiger charge is 2.22. The van der Waals surface area contributed by atoms with Gasteiger partial charge in [-0.25, -0.2) is 4.39 Å². The van der Waals surface area contributed by atoms with E-state index in [1.807, 2.05) is 6.07 Å². The summed E-state index contributed by atoms with van der Waals surface area (Å²) in [7, 11) is 0. The van der Waals surface area contributed by atoms with Gasteiger partial charge >= 0.3 is 0 Å². The number of hydrogen-bond acceptors (Lipinski definition) is 0. The Morgan fingerprint density at radius 3 is 2.14 bits per heavy atom. The van der Waals surface area contributed by atoms with E-state index in [1.54, 1.807) is 6.07 Å². The summed E-state index contributed by atoms with van der Waals surface area (Å²) in [5, 5.41) is 0. The van der Waals surface area contributed by atoms with Gasteiger partial charge in [-0.2, -0.15) is 0 Å². The molecular weight excluding hydrogens is 259 g/mol. The summed E-state index contributed by atoms with van der Waals surface area (Å²) >= 11 is 0. The summed E-state index contributed by atoms with van der Waals surface area (Å²) in [4.78, 5) is 0. The first-order valence-electron chi connectivity index (χ1n) is 8.00. The molecule has 0 atom stereocenters. The molecule has 1 fully saturated rings. The largest absolute Gasteiger partial charge is 0.207 e. The van der Waals surface area contributed by atoms with Crippen LogP contribution in [0.2, 0.25) is 0 Å². The Bertz CT molecular complexity index is 610. The lowest BCUT2D eigenvalue weighted by molar-refractivity contribution is 0.342. The fraction of sp³-hybridized carbons (Fsp3) is 0.400. The molecule has 0 unspecified atom stereocenters. The number of hydrogen-bond donors (Lipinski definition) is 0. The van der Waals surface area contributed by atoms with Gasteiger partial charge in [0, 0.05) is 1.43 Å². The molecule has 0 bridgehead atoms. The van der Waals surface area contributed by atoms with Crippen molar-refractivity contribution in [2.75, 3.05) is 0 Å². The van der Waals surface area contributed by atoms with Gasteiger partial charge < -0.3 is 0 Å². The summed E-state index contributed by atoms with van der Waals surface area (Å²) in [6.45, 7) is 4.37. The van der Waals surface area contributed by atoms with Crippen LogP contribution in [-0.2, 0) is 0 Å². The van der Waals surface area contributed by atoms with E-state index in [1.165, 1.54) is 18.4 Å². The van der Waals surface area contributed by atoms with Crippen LogP contribution in [-0.4, -0.2) is 0 Å². The Balaban J connectivity index is 0.00000176. The first-order valence-corrected chi connectivity index (χ1v) is 8.00. The highest BCUT2D eigenvalue weighted by atomic mass is 19.1. The topological polar surface area (TPSA) is 0 Å². The second-order valence-electron chi connectivity index (χ2n) is 6.56. The second-order valence-corrected chi connectivity index (χ2v) is 6.56. The molecule has 0 aromatic heterocycles. The first kappa shape index (κ1) is 14.3. The minimum atomic E-state index is -0.0346. The van der Waals surface area contributed by atoms with Gasteiger partial charge in [0.25, 0.3) is 0 Å². The van der Waals surface area contributed by atoms with Gasteiger partial charge in [0.2, 0.25) is 0 Å². The zero-order valence-corrected chi connectivity index (χ0v) is 12.9. The molecule has 0 N–H and O–H groups in total. The van der Waals surface area contributed by atoms with Crippen LogP contribution in [0.3, 0.4) is 0 Å². The standard InChI is InChI=1S/C20H23F.H2/c1-14-3-7-16(8-4-14)18-11-12-19(20(21)13-18)17-9-5-15(2)6-10-17;/h3-4,7-8,11-13,15,17H,5-6,9-10H2,1-2H3;1H. The molecule has 0 heterocycles. The zero-order valence-electron chi connectivity index (χ0n) is 12.9. The average molecular weight is 284 g/mol. The molecular formula is C20H25F. The van der Waals surface area contributed by atoms with Crippen molar-refractivity contribution in [3.8, 4) is 11.1 Å². The summed E-state index contributed by atoms with van der Waals surface area (Å²) in [6, 6.07) is 14.1. The van der Waals surface area contributed by atoms with Crippen LogP contribution >= 0.6 is 0 Å². The van der Waals surface area contributed by atoms with Crippen molar-refractivity contribution in [3.05, 3.63) is 59.4 Å². The molecule has 0 spiro atoms. The molecule has 1 aliphatic carbocycles. The van der Waals surface area contributed by atoms with Crippen molar-refractivity contribution >= 4 is 0 Å². The van der Waals surface area contributed by atoms with E-state index >= 15 is 0 Å². The third-order valence-corrected chi connectivity index (χ3v) is 4.84. The molecule has 21 heavy (non-hydrogen) atoms. The molecule has 0 saturated heterocycles. The Kier molecular flexibility index (Phi) is 4.10. The van der Waals surface area contributed by atoms with Gasteiger partial charge in [-0.3, -0.25) is 0 Å². The lowest BCUT2D eigenvalue weighted by Gasteiger charge is -2.26. The predicted octanol–water partition coefficient (Wildman–Crippen LogP) is 6.34. The highest BCUT2D eigenvalue weighted by Crippen LogP contribution is 2.37. The van der Waals surface area contributed by atoms with Crippen LogP contribution in [0.4, 0.5) is 4.39 Å². The molecule has 1 aliphatic rings. The Hall–Kier alpha value is -1.63. The van der Waals surface area contributed by atoms with Crippen LogP contribution in [0.5, 0.6) is 0 Å². The maximum atomic E-state index is 14.5. The molecule has 3 rings (SSSR count). The average Bonchev–Trinajstić information content (AvgIpc) is 2.49. The van der Waals surface area contributed by atoms with Crippen LogP contribution in [0.15, 0.2) is 42.5 Å². The molecule has 112 valence electrons. The fourth-order valence-electron chi connectivity index (χ4n) is 3.35. The van der Waals surface area contributed by atoms with Crippen molar-refractivity contribution in [2.24, 2.45) is 5.92 Å².